The monoisotopic (exact) mass is 258 g/mol. The molecule has 3 aliphatic rings. The molecule has 4 rings (SSSR count). The van der Waals surface area contributed by atoms with Crippen molar-refractivity contribution in [3.05, 3.63) is 23.9 Å². The molecule has 0 saturated carbocycles. The number of amides is 2. The predicted octanol–water partition coefficient (Wildman–Crippen LogP) is 1.06. The molecule has 0 spiro atoms. The minimum Gasteiger partial charge on any atom is -0.373 e. The van der Waals surface area contributed by atoms with Gasteiger partial charge < -0.3 is 4.74 Å². The lowest BCUT2D eigenvalue weighted by molar-refractivity contribution is -0.124. The Morgan fingerprint density at radius 2 is 1.79 bits per heavy atom. The first-order chi connectivity index (χ1) is 9.16. The molecule has 2 bridgehead atoms. The van der Waals surface area contributed by atoms with Crippen molar-refractivity contribution in [1.82, 2.24) is 4.98 Å². The highest BCUT2D eigenvalue weighted by atomic mass is 16.5. The van der Waals surface area contributed by atoms with E-state index in [1.54, 1.807) is 12.3 Å². The highest BCUT2D eigenvalue weighted by Gasteiger charge is 2.62. The molecule has 0 aromatic carbocycles. The van der Waals surface area contributed by atoms with Crippen molar-refractivity contribution in [3.63, 3.8) is 0 Å². The summed E-state index contributed by atoms with van der Waals surface area (Å²) in [5.41, 5.74) is 1.01. The summed E-state index contributed by atoms with van der Waals surface area (Å²) in [6, 6.07) is 3.59. The second-order valence-corrected chi connectivity index (χ2v) is 5.55. The van der Waals surface area contributed by atoms with Gasteiger partial charge in [-0.3, -0.25) is 9.59 Å². The Labute approximate surface area is 110 Å². The number of hydrogen-bond donors (Lipinski definition) is 0. The van der Waals surface area contributed by atoms with Crippen molar-refractivity contribution in [1.29, 1.82) is 0 Å². The van der Waals surface area contributed by atoms with E-state index in [2.05, 4.69) is 4.98 Å². The van der Waals surface area contributed by atoms with Crippen LogP contribution in [0.25, 0.3) is 0 Å². The number of nitrogens with zero attached hydrogens (tertiary/aromatic N) is 2. The third-order valence-electron chi connectivity index (χ3n) is 4.41. The Hall–Kier alpha value is -1.75. The van der Waals surface area contributed by atoms with Crippen molar-refractivity contribution in [3.8, 4) is 0 Å². The van der Waals surface area contributed by atoms with Crippen molar-refractivity contribution >= 4 is 17.6 Å². The summed E-state index contributed by atoms with van der Waals surface area (Å²) in [4.78, 5) is 30.4. The van der Waals surface area contributed by atoms with Gasteiger partial charge in [-0.2, -0.15) is 0 Å². The van der Waals surface area contributed by atoms with E-state index in [0.717, 1.165) is 18.4 Å². The Morgan fingerprint density at radius 1 is 1.16 bits per heavy atom. The van der Waals surface area contributed by atoms with E-state index in [-0.39, 0.29) is 35.9 Å². The fraction of sp³-hybridized carbons (Fsp3) is 0.500. The molecule has 1 aromatic rings. The summed E-state index contributed by atoms with van der Waals surface area (Å²) in [7, 11) is 0. The zero-order chi connectivity index (χ0) is 13.1. The van der Waals surface area contributed by atoms with Gasteiger partial charge in [-0.25, -0.2) is 9.88 Å². The van der Waals surface area contributed by atoms with E-state index in [4.69, 9.17) is 4.74 Å². The van der Waals surface area contributed by atoms with Gasteiger partial charge in [0.15, 0.2) is 0 Å². The molecule has 3 saturated heterocycles. The molecule has 0 radical (unpaired) electrons. The van der Waals surface area contributed by atoms with Gasteiger partial charge in [-0.05, 0) is 31.4 Å². The molecule has 4 heterocycles. The molecule has 3 aliphatic heterocycles. The summed E-state index contributed by atoms with van der Waals surface area (Å²) in [6.45, 7) is 1.92. The Bertz CT molecular complexity index is 541. The standard InChI is InChI=1S/C14H14N2O3/c1-7-2-5-10(15-6-7)16-13(17)11-8-3-4-9(19-8)12(11)14(16)18/h2,5-6,8-9,11-12H,3-4H2,1H3/t8-,9+,11+,12-. The summed E-state index contributed by atoms with van der Waals surface area (Å²) in [6.07, 6.45) is 3.32. The average Bonchev–Trinajstić information content (AvgIpc) is 3.06. The normalized spacial score (nSPS) is 36.2. The molecule has 19 heavy (non-hydrogen) atoms. The number of hydrogen-bond acceptors (Lipinski definition) is 4. The van der Waals surface area contributed by atoms with Crippen LogP contribution in [-0.4, -0.2) is 29.0 Å². The van der Waals surface area contributed by atoms with Crippen LogP contribution >= 0.6 is 0 Å². The number of anilines is 1. The SMILES string of the molecule is Cc1ccc(N2C(=O)[C@@H]3[C@H](C2=O)[C@@H]2CC[C@H]3O2)nc1. The van der Waals surface area contributed by atoms with Crippen LogP contribution in [0.15, 0.2) is 18.3 Å². The molecule has 5 heteroatoms. The quantitative estimate of drug-likeness (QED) is 0.707. The van der Waals surface area contributed by atoms with Gasteiger partial charge in [-0.15, -0.1) is 0 Å². The number of aryl methyl sites for hydroxylation is 1. The smallest absolute Gasteiger partial charge is 0.241 e. The van der Waals surface area contributed by atoms with Crippen LogP contribution in [0.1, 0.15) is 18.4 Å². The van der Waals surface area contributed by atoms with Crippen LogP contribution in [0.4, 0.5) is 5.82 Å². The summed E-state index contributed by atoms with van der Waals surface area (Å²) in [5.74, 6) is -0.407. The molecular formula is C14H14N2O3. The number of carbonyl (C=O) groups is 2. The first-order valence-corrected chi connectivity index (χ1v) is 6.63. The van der Waals surface area contributed by atoms with Crippen molar-refractivity contribution in [2.24, 2.45) is 11.8 Å². The second kappa shape index (κ2) is 3.63. The summed E-state index contributed by atoms with van der Waals surface area (Å²) >= 11 is 0. The first kappa shape index (κ1) is 11.1. The van der Waals surface area contributed by atoms with Gasteiger partial charge >= 0.3 is 0 Å². The highest BCUT2D eigenvalue weighted by Crippen LogP contribution is 2.49. The van der Waals surface area contributed by atoms with Crippen LogP contribution in [0.3, 0.4) is 0 Å². The Morgan fingerprint density at radius 3 is 2.32 bits per heavy atom. The topological polar surface area (TPSA) is 59.5 Å². The van der Waals surface area contributed by atoms with Crippen LogP contribution in [0.2, 0.25) is 0 Å². The molecule has 1 aromatic heterocycles. The molecule has 0 unspecified atom stereocenters. The lowest BCUT2D eigenvalue weighted by atomic mass is 9.81. The predicted molar refractivity (Wildman–Crippen MR) is 66.3 cm³/mol. The van der Waals surface area contributed by atoms with E-state index in [1.807, 2.05) is 13.0 Å². The van der Waals surface area contributed by atoms with Crippen molar-refractivity contribution in [2.45, 2.75) is 32.0 Å². The zero-order valence-electron chi connectivity index (χ0n) is 10.6. The molecule has 5 nitrogen and oxygen atoms in total. The van der Waals surface area contributed by atoms with Crippen LogP contribution in [0, 0.1) is 18.8 Å². The lowest BCUT2D eigenvalue weighted by Gasteiger charge is -2.16. The van der Waals surface area contributed by atoms with Gasteiger partial charge in [0.2, 0.25) is 11.8 Å². The maximum atomic E-state index is 12.5. The van der Waals surface area contributed by atoms with Crippen molar-refractivity contribution in [2.75, 3.05) is 4.90 Å². The minimum atomic E-state index is -0.283. The number of aromatic nitrogens is 1. The van der Waals surface area contributed by atoms with Crippen LogP contribution in [-0.2, 0) is 14.3 Å². The molecule has 3 fully saturated rings. The van der Waals surface area contributed by atoms with E-state index in [1.165, 1.54) is 4.90 Å². The van der Waals surface area contributed by atoms with E-state index < -0.39 is 0 Å². The third kappa shape index (κ3) is 1.36. The second-order valence-electron chi connectivity index (χ2n) is 5.55. The molecule has 4 atom stereocenters. The molecule has 0 N–H and O–H groups in total. The molecule has 0 aliphatic carbocycles. The van der Waals surface area contributed by atoms with Gasteiger partial charge in [0.05, 0.1) is 24.0 Å². The van der Waals surface area contributed by atoms with Crippen molar-refractivity contribution < 1.29 is 14.3 Å². The maximum absolute atomic E-state index is 12.5. The summed E-state index contributed by atoms with van der Waals surface area (Å²) < 4.78 is 5.69. The number of carbonyl (C=O) groups excluding carboxylic acids is 2. The summed E-state index contributed by atoms with van der Waals surface area (Å²) in [5, 5.41) is 0. The maximum Gasteiger partial charge on any atom is 0.241 e. The number of fused-ring (bicyclic) bond motifs is 5. The molecule has 2 amide bonds. The molecular weight excluding hydrogens is 244 g/mol. The van der Waals surface area contributed by atoms with E-state index in [0.29, 0.717) is 5.82 Å². The van der Waals surface area contributed by atoms with Gasteiger partial charge in [0.25, 0.3) is 0 Å². The van der Waals surface area contributed by atoms with E-state index in [9.17, 15) is 9.59 Å². The van der Waals surface area contributed by atoms with Crippen LogP contribution < -0.4 is 4.90 Å². The van der Waals surface area contributed by atoms with Gasteiger partial charge in [0.1, 0.15) is 5.82 Å². The Kier molecular flexibility index (Phi) is 2.12. The number of pyridine rings is 1. The van der Waals surface area contributed by atoms with E-state index >= 15 is 0 Å². The van der Waals surface area contributed by atoms with Crippen LogP contribution in [0.5, 0.6) is 0 Å². The fourth-order valence-corrected chi connectivity index (χ4v) is 3.53. The highest BCUT2D eigenvalue weighted by molar-refractivity contribution is 6.22. The lowest BCUT2D eigenvalue weighted by Crippen LogP contribution is -2.34. The van der Waals surface area contributed by atoms with Gasteiger partial charge in [0, 0.05) is 6.20 Å². The minimum absolute atomic E-state index is 0.0677. The van der Waals surface area contributed by atoms with Gasteiger partial charge in [-0.1, -0.05) is 6.07 Å². The first-order valence-electron chi connectivity index (χ1n) is 6.63. The average molecular weight is 258 g/mol. The largest absolute Gasteiger partial charge is 0.373 e. The number of imide groups is 1. The third-order valence-corrected chi connectivity index (χ3v) is 4.41. The zero-order valence-corrected chi connectivity index (χ0v) is 10.6. The molecule has 98 valence electrons. The number of ether oxygens (including phenoxy) is 1. The fourth-order valence-electron chi connectivity index (χ4n) is 3.53. The Balaban J connectivity index is 1.73. The number of rotatable bonds is 1.